The maximum Gasteiger partial charge on any atom is 0.258 e. The van der Waals surface area contributed by atoms with Crippen LogP contribution in [0.4, 0.5) is 15.8 Å². The third-order valence-electron chi connectivity index (χ3n) is 3.71. The van der Waals surface area contributed by atoms with Crippen LogP contribution in [0.25, 0.3) is 0 Å². The molecule has 2 aromatic carbocycles. The normalized spacial score (nSPS) is 16.2. The Morgan fingerprint density at radius 1 is 1.21 bits per heavy atom. The van der Waals surface area contributed by atoms with Crippen molar-refractivity contribution < 1.29 is 17.6 Å². The van der Waals surface area contributed by atoms with E-state index < -0.39 is 21.7 Å². The molecule has 0 unspecified atom stereocenters. The van der Waals surface area contributed by atoms with E-state index >= 15 is 0 Å². The summed E-state index contributed by atoms with van der Waals surface area (Å²) in [5, 5.41) is 2.71. The van der Waals surface area contributed by atoms with Gasteiger partial charge in [0.15, 0.2) is 0 Å². The van der Waals surface area contributed by atoms with Crippen LogP contribution >= 0.6 is 11.6 Å². The van der Waals surface area contributed by atoms with Crippen LogP contribution in [0.5, 0.6) is 0 Å². The van der Waals surface area contributed by atoms with Gasteiger partial charge in [-0.2, -0.15) is 0 Å². The standard InChI is InChI=1S/C16H14ClFN2O3S/c17-13-10-11(20-8-3-9-24(20,22)23)6-7-15(13)19-16(21)12-4-1-2-5-14(12)18/h1-2,4-7,10H,3,8-9H2,(H,19,21). The fourth-order valence-electron chi connectivity index (χ4n) is 2.53. The largest absolute Gasteiger partial charge is 0.321 e. The third kappa shape index (κ3) is 3.22. The van der Waals surface area contributed by atoms with E-state index in [0.29, 0.717) is 18.7 Å². The molecule has 0 spiro atoms. The van der Waals surface area contributed by atoms with Crippen LogP contribution in [0.1, 0.15) is 16.8 Å². The number of hydrogen-bond donors (Lipinski definition) is 1. The van der Waals surface area contributed by atoms with E-state index in [1.807, 2.05) is 0 Å². The molecule has 1 aliphatic heterocycles. The minimum absolute atomic E-state index is 0.0974. The van der Waals surface area contributed by atoms with E-state index in [1.54, 1.807) is 12.1 Å². The first-order valence-corrected chi connectivity index (χ1v) is 9.23. The number of benzene rings is 2. The Labute approximate surface area is 144 Å². The first-order valence-electron chi connectivity index (χ1n) is 7.24. The van der Waals surface area contributed by atoms with Gasteiger partial charge < -0.3 is 5.32 Å². The van der Waals surface area contributed by atoms with Gasteiger partial charge in [-0.1, -0.05) is 23.7 Å². The second-order valence-corrected chi connectivity index (χ2v) is 7.76. The molecule has 1 saturated heterocycles. The van der Waals surface area contributed by atoms with E-state index in [1.165, 1.54) is 34.6 Å². The van der Waals surface area contributed by atoms with Crippen molar-refractivity contribution in [3.63, 3.8) is 0 Å². The van der Waals surface area contributed by atoms with E-state index in [4.69, 9.17) is 11.6 Å². The fraction of sp³-hybridized carbons (Fsp3) is 0.188. The molecule has 1 aliphatic rings. The zero-order valence-electron chi connectivity index (χ0n) is 12.5. The molecule has 126 valence electrons. The lowest BCUT2D eigenvalue weighted by Gasteiger charge is -2.18. The Morgan fingerprint density at radius 2 is 1.96 bits per heavy atom. The van der Waals surface area contributed by atoms with Crippen molar-refractivity contribution >= 4 is 38.9 Å². The van der Waals surface area contributed by atoms with Gasteiger partial charge in [0.1, 0.15) is 5.82 Å². The molecule has 1 amide bonds. The van der Waals surface area contributed by atoms with Crippen LogP contribution in [0.15, 0.2) is 42.5 Å². The highest BCUT2D eigenvalue weighted by atomic mass is 35.5. The molecule has 0 bridgehead atoms. The van der Waals surface area contributed by atoms with E-state index in [0.717, 1.165) is 0 Å². The number of carbonyl (C=O) groups is 1. The Hall–Kier alpha value is -2.12. The number of nitrogens with one attached hydrogen (secondary N) is 1. The van der Waals surface area contributed by atoms with Crippen molar-refractivity contribution in [1.29, 1.82) is 0 Å². The Balaban J connectivity index is 1.83. The van der Waals surface area contributed by atoms with Crippen molar-refractivity contribution in [3.05, 3.63) is 58.9 Å². The van der Waals surface area contributed by atoms with Gasteiger partial charge in [0.25, 0.3) is 5.91 Å². The summed E-state index contributed by atoms with van der Waals surface area (Å²) < 4.78 is 38.8. The van der Waals surface area contributed by atoms with Crippen LogP contribution in [-0.2, 0) is 10.0 Å². The van der Waals surface area contributed by atoms with Crippen molar-refractivity contribution in [2.75, 3.05) is 21.9 Å². The lowest BCUT2D eigenvalue weighted by atomic mass is 10.2. The molecule has 0 aromatic heterocycles. The first kappa shape index (κ1) is 16.7. The Morgan fingerprint density at radius 3 is 2.58 bits per heavy atom. The minimum atomic E-state index is -3.30. The predicted molar refractivity (Wildman–Crippen MR) is 91.6 cm³/mol. The van der Waals surface area contributed by atoms with Gasteiger partial charge in [0.2, 0.25) is 10.0 Å². The SMILES string of the molecule is O=C(Nc1ccc(N2CCCS2(=O)=O)cc1Cl)c1ccccc1F. The van der Waals surface area contributed by atoms with Crippen LogP contribution in [-0.4, -0.2) is 26.6 Å². The summed E-state index contributed by atoms with van der Waals surface area (Å²) in [7, 11) is -3.30. The van der Waals surface area contributed by atoms with Crippen molar-refractivity contribution in [3.8, 4) is 0 Å². The summed E-state index contributed by atoms with van der Waals surface area (Å²) in [5.74, 6) is -1.15. The van der Waals surface area contributed by atoms with Gasteiger partial charge in [-0.15, -0.1) is 0 Å². The number of amides is 1. The molecule has 0 aliphatic carbocycles. The molecule has 1 fully saturated rings. The number of sulfonamides is 1. The van der Waals surface area contributed by atoms with Crippen LogP contribution in [0.2, 0.25) is 5.02 Å². The molecule has 0 radical (unpaired) electrons. The maximum absolute atomic E-state index is 13.6. The molecule has 8 heteroatoms. The molecule has 1 N–H and O–H groups in total. The topological polar surface area (TPSA) is 66.5 Å². The molecule has 3 rings (SSSR count). The van der Waals surface area contributed by atoms with Crippen LogP contribution in [0.3, 0.4) is 0 Å². The van der Waals surface area contributed by atoms with Crippen LogP contribution in [0, 0.1) is 5.82 Å². The van der Waals surface area contributed by atoms with Crippen molar-refractivity contribution in [2.24, 2.45) is 0 Å². The number of anilines is 2. The predicted octanol–water partition coefficient (Wildman–Crippen LogP) is 3.27. The number of halogens is 2. The third-order valence-corrected chi connectivity index (χ3v) is 5.89. The zero-order chi connectivity index (χ0) is 17.3. The van der Waals surface area contributed by atoms with Gasteiger partial charge in [0.05, 0.1) is 27.7 Å². The van der Waals surface area contributed by atoms with Crippen LogP contribution < -0.4 is 9.62 Å². The number of carbonyl (C=O) groups excluding carboxylic acids is 1. The average molecular weight is 369 g/mol. The van der Waals surface area contributed by atoms with Gasteiger partial charge in [0, 0.05) is 6.54 Å². The zero-order valence-corrected chi connectivity index (χ0v) is 14.1. The minimum Gasteiger partial charge on any atom is -0.321 e. The molecular weight excluding hydrogens is 355 g/mol. The molecular formula is C16H14ClFN2O3S. The lowest BCUT2D eigenvalue weighted by molar-refractivity contribution is 0.102. The smallest absolute Gasteiger partial charge is 0.258 e. The summed E-state index contributed by atoms with van der Waals surface area (Å²) in [4.78, 5) is 12.1. The van der Waals surface area contributed by atoms with E-state index in [-0.39, 0.29) is 22.0 Å². The van der Waals surface area contributed by atoms with Gasteiger partial charge >= 0.3 is 0 Å². The van der Waals surface area contributed by atoms with Gasteiger partial charge in [-0.05, 0) is 36.8 Å². The second kappa shape index (κ2) is 6.41. The maximum atomic E-state index is 13.6. The Kier molecular flexibility index (Phi) is 4.47. The molecule has 5 nitrogen and oxygen atoms in total. The summed E-state index contributed by atoms with van der Waals surface area (Å²) in [5.41, 5.74) is 0.631. The van der Waals surface area contributed by atoms with Crippen molar-refractivity contribution in [2.45, 2.75) is 6.42 Å². The monoisotopic (exact) mass is 368 g/mol. The quantitative estimate of drug-likeness (QED) is 0.904. The molecule has 1 heterocycles. The summed E-state index contributed by atoms with van der Waals surface area (Å²) in [6.07, 6.45) is 0.561. The fourth-order valence-corrected chi connectivity index (χ4v) is 4.30. The van der Waals surface area contributed by atoms with Gasteiger partial charge in [-0.25, -0.2) is 12.8 Å². The molecule has 0 saturated carbocycles. The Bertz CT molecular complexity index is 902. The highest BCUT2D eigenvalue weighted by molar-refractivity contribution is 7.93. The highest BCUT2D eigenvalue weighted by Crippen LogP contribution is 2.31. The summed E-state index contributed by atoms with van der Waals surface area (Å²) >= 11 is 6.14. The number of rotatable bonds is 3. The van der Waals surface area contributed by atoms with Crippen molar-refractivity contribution in [1.82, 2.24) is 0 Å². The first-order chi connectivity index (χ1) is 11.4. The number of nitrogens with zero attached hydrogens (tertiary/aromatic N) is 1. The summed E-state index contributed by atoms with van der Waals surface area (Å²) in [6.45, 7) is 0.402. The molecule has 24 heavy (non-hydrogen) atoms. The van der Waals surface area contributed by atoms with E-state index in [9.17, 15) is 17.6 Å². The highest BCUT2D eigenvalue weighted by Gasteiger charge is 2.28. The van der Waals surface area contributed by atoms with E-state index in [2.05, 4.69) is 5.32 Å². The summed E-state index contributed by atoms with van der Waals surface area (Å²) in [6, 6.07) is 10.1. The molecule has 2 aromatic rings. The number of hydrogen-bond acceptors (Lipinski definition) is 3. The average Bonchev–Trinajstić information content (AvgIpc) is 2.89. The van der Waals surface area contributed by atoms with Gasteiger partial charge in [-0.3, -0.25) is 9.10 Å². The lowest BCUT2D eigenvalue weighted by Crippen LogP contribution is -2.25. The second-order valence-electron chi connectivity index (χ2n) is 5.34. The molecule has 0 atom stereocenters.